The summed E-state index contributed by atoms with van der Waals surface area (Å²) in [5.41, 5.74) is 0. The molecule has 1 saturated heterocycles. The zero-order chi connectivity index (χ0) is 20.2. The van der Waals surface area contributed by atoms with E-state index < -0.39 is 0 Å². The number of likely N-dealkylation sites (tertiary alicyclic amines) is 1. The van der Waals surface area contributed by atoms with Crippen LogP contribution in [0.2, 0.25) is 0 Å². The van der Waals surface area contributed by atoms with Crippen molar-refractivity contribution in [1.82, 2.24) is 29.8 Å². The Hall–Kier alpha value is -2.25. The standard InChI is InChI=1S/C21H32N6O2/c1-15(2)20-22-18(29-25-20)10-6-11-19(28)26-12-7-8-16(14-26)21-24-23-17-9-4-3-5-13-27(17)21/h15-16H,3-14H2,1-2H3. The van der Waals surface area contributed by atoms with Crippen LogP contribution in [-0.2, 0) is 24.2 Å². The lowest BCUT2D eigenvalue weighted by molar-refractivity contribution is -0.132. The summed E-state index contributed by atoms with van der Waals surface area (Å²) in [5, 5.41) is 13.0. The largest absolute Gasteiger partial charge is 0.342 e. The number of amides is 1. The third-order valence-electron chi connectivity index (χ3n) is 6.06. The Morgan fingerprint density at radius 1 is 1.17 bits per heavy atom. The molecule has 2 aromatic heterocycles. The normalized spacial score (nSPS) is 20.0. The van der Waals surface area contributed by atoms with E-state index in [9.17, 15) is 4.79 Å². The van der Waals surface area contributed by atoms with E-state index in [1.54, 1.807) is 0 Å². The Morgan fingerprint density at radius 2 is 2.07 bits per heavy atom. The number of hydrogen-bond acceptors (Lipinski definition) is 6. The number of carbonyl (C=O) groups is 1. The Morgan fingerprint density at radius 3 is 2.90 bits per heavy atom. The molecule has 0 saturated carbocycles. The summed E-state index contributed by atoms with van der Waals surface area (Å²) < 4.78 is 7.61. The van der Waals surface area contributed by atoms with E-state index in [0.717, 1.165) is 62.8 Å². The van der Waals surface area contributed by atoms with Gasteiger partial charge < -0.3 is 14.0 Å². The third-order valence-corrected chi connectivity index (χ3v) is 6.06. The molecule has 0 spiro atoms. The van der Waals surface area contributed by atoms with Crippen molar-refractivity contribution < 1.29 is 9.32 Å². The van der Waals surface area contributed by atoms with E-state index in [0.29, 0.717) is 24.7 Å². The molecule has 1 fully saturated rings. The summed E-state index contributed by atoms with van der Waals surface area (Å²) in [4.78, 5) is 19.2. The monoisotopic (exact) mass is 400 g/mol. The molecule has 1 atom stereocenters. The molecule has 0 radical (unpaired) electrons. The molecule has 1 amide bonds. The second kappa shape index (κ2) is 9.05. The number of aryl methyl sites for hydroxylation is 2. The summed E-state index contributed by atoms with van der Waals surface area (Å²) in [6, 6.07) is 0. The lowest BCUT2D eigenvalue weighted by Gasteiger charge is -2.32. The number of aromatic nitrogens is 5. The first-order chi connectivity index (χ1) is 14.1. The molecule has 4 heterocycles. The molecule has 0 aromatic carbocycles. The Labute approximate surface area is 172 Å². The van der Waals surface area contributed by atoms with Gasteiger partial charge in [0, 0.05) is 50.7 Å². The molecule has 1 unspecified atom stereocenters. The van der Waals surface area contributed by atoms with Gasteiger partial charge in [-0.2, -0.15) is 4.98 Å². The molecular weight excluding hydrogens is 368 g/mol. The van der Waals surface area contributed by atoms with Gasteiger partial charge in [0.05, 0.1) is 0 Å². The predicted octanol–water partition coefficient (Wildman–Crippen LogP) is 3.24. The SMILES string of the molecule is CC(C)c1noc(CCCC(=O)N2CCCC(c3nnc4n3CCCCC4)C2)n1. The van der Waals surface area contributed by atoms with Gasteiger partial charge in [0.1, 0.15) is 11.6 Å². The maximum atomic E-state index is 12.8. The summed E-state index contributed by atoms with van der Waals surface area (Å²) in [6.45, 7) is 6.70. The van der Waals surface area contributed by atoms with Crippen LogP contribution in [0.3, 0.4) is 0 Å². The van der Waals surface area contributed by atoms with Crippen molar-refractivity contribution in [3.8, 4) is 0 Å². The topological polar surface area (TPSA) is 89.9 Å². The quantitative estimate of drug-likeness (QED) is 0.739. The van der Waals surface area contributed by atoms with E-state index in [1.807, 2.05) is 18.7 Å². The van der Waals surface area contributed by atoms with Crippen LogP contribution < -0.4 is 0 Å². The first-order valence-corrected chi connectivity index (χ1v) is 11.1. The zero-order valence-corrected chi connectivity index (χ0v) is 17.6. The van der Waals surface area contributed by atoms with Crippen molar-refractivity contribution in [3.63, 3.8) is 0 Å². The summed E-state index contributed by atoms with van der Waals surface area (Å²) in [7, 11) is 0. The Kier molecular flexibility index (Phi) is 6.25. The first-order valence-electron chi connectivity index (χ1n) is 11.1. The smallest absolute Gasteiger partial charge is 0.226 e. The van der Waals surface area contributed by atoms with Crippen molar-refractivity contribution in [1.29, 1.82) is 0 Å². The van der Waals surface area contributed by atoms with Crippen LogP contribution in [0.25, 0.3) is 0 Å². The van der Waals surface area contributed by atoms with Crippen molar-refractivity contribution in [3.05, 3.63) is 23.4 Å². The Balaban J connectivity index is 1.31. The van der Waals surface area contributed by atoms with Crippen LogP contribution in [0.15, 0.2) is 4.52 Å². The summed E-state index contributed by atoms with van der Waals surface area (Å²) >= 11 is 0. The van der Waals surface area contributed by atoms with Crippen molar-refractivity contribution in [2.45, 2.75) is 90.0 Å². The average Bonchev–Trinajstić information content (AvgIpc) is 3.29. The highest BCUT2D eigenvalue weighted by Crippen LogP contribution is 2.28. The fourth-order valence-corrected chi connectivity index (χ4v) is 4.38. The molecule has 4 rings (SSSR count). The van der Waals surface area contributed by atoms with E-state index in [4.69, 9.17) is 4.52 Å². The fourth-order valence-electron chi connectivity index (χ4n) is 4.38. The minimum absolute atomic E-state index is 0.217. The van der Waals surface area contributed by atoms with Gasteiger partial charge in [-0.15, -0.1) is 10.2 Å². The maximum Gasteiger partial charge on any atom is 0.226 e. The highest BCUT2D eigenvalue weighted by Gasteiger charge is 2.29. The molecule has 0 bridgehead atoms. The van der Waals surface area contributed by atoms with Crippen molar-refractivity contribution >= 4 is 5.91 Å². The summed E-state index contributed by atoms with van der Waals surface area (Å²) in [5.74, 6) is 4.35. The molecule has 8 nitrogen and oxygen atoms in total. The molecule has 158 valence electrons. The highest BCUT2D eigenvalue weighted by molar-refractivity contribution is 5.76. The van der Waals surface area contributed by atoms with Gasteiger partial charge in [0.15, 0.2) is 5.82 Å². The number of hydrogen-bond donors (Lipinski definition) is 0. The highest BCUT2D eigenvalue weighted by atomic mass is 16.5. The minimum atomic E-state index is 0.217. The van der Waals surface area contributed by atoms with Gasteiger partial charge >= 0.3 is 0 Å². The molecule has 8 heteroatoms. The van der Waals surface area contributed by atoms with Gasteiger partial charge in [0.25, 0.3) is 0 Å². The number of nitrogens with zero attached hydrogens (tertiary/aromatic N) is 6. The maximum absolute atomic E-state index is 12.8. The van der Waals surface area contributed by atoms with Gasteiger partial charge in [0.2, 0.25) is 11.8 Å². The molecule has 2 aliphatic heterocycles. The summed E-state index contributed by atoms with van der Waals surface area (Å²) in [6.07, 6.45) is 8.70. The second-order valence-electron chi connectivity index (χ2n) is 8.67. The van der Waals surface area contributed by atoms with Crippen molar-refractivity contribution in [2.24, 2.45) is 0 Å². The number of rotatable bonds is 6. The van der Waals surface area contributed by atoms with E-state index in [1.165, 1.54) is 19.3 Å². The average molecular weight is 401 g/mol. The number of fused-ring (bicyclic) bond motifs is 1. The third kappa shape index (κ3) is 4.67. The van der Waals surface area contributed by atoms with E-state index in [-0.39, 0.29) is 11.8 Å². The number of piperidine rings is 1. The molecule has 2 aromatic rings. The molecule has 0 aliphatic carbocycles. The lowest BCUT2D eigenvalue weighted by Crippen LogP contribution is -2.39. The first kappa shape index (κ1) is 20.0. The molecule has 29 heavy (non-hydrogen) atoms. The molecule has 0 N–H and O–H groups in total. The van der Waals surface area contributed by atoms with Crippen LogP contribution in [-0.4, -0.2) is 48.8 Å². The molecular formula is C21H32N6O2. The van der Waals surface area contributed by atoms with Crippen LogP contribution >= 0.6 is 0 Å². The fraction of sp³-hybridized carbons (Fsp3) is 0.762. The van der Waals surface area contributed by atoms with Crippen LogP contribution in [0, 0.1) is 0 Å². The van der Waals surface area contributed by atoms with Crippen LogP contribution in [0.4, 0.5) is 0 Å². The van der Waals surface area contributed by atoms with Crippen LogP contribution in [0.5, 0.6) is 0 Å². The van der Waals surface area contributed by atoms with E-state index in [2.05, 4.69) is 24.9 Å². The van der Waals surface area contributed by atoms with Gasteiger partial charge in [-0.1, -0.05) is 25.4 Å². The Bertz CT molecular complexity index is 827. The van der Waals surface area contributed by atoms with Gasteiger partial charge in [-0.05, 0) is 32.1 Å². The van der Waals surface area contributed by atoms with Crippen molar-refractivity contribution in [2.75, 3.05) is 13.1 Å². The van der Waals surface area contributed by atoms with Gasteiger partial charge in [-0.3, -0.25) is 4.79 Å². The van der Waals surface area contributed by atoms with E-state index >= 15 is 0 Å². The minimum Gasteiger partial charge on any atom is -0.342 e. The lowest BCUT2D eigenvalue weighted by atomic mass is 9.96. The predicted molar refractivity (Wildman–Crippen MR) is 107 cm³/mol. The molecule has 2 aliphatic rings. The second-order valence-corrected chi connectivity index (χ2v) is 8.67. The van der Waals surface area contributed by atoms with Gasteiger partial charge in [-0.25, -0.2) is 0 Å². The number of carbonyl (C=O) groups excluding carboxylic acids is 1. The van der Waals surface area contributed by atoms with Crippen LogP contribution in [0.1, 0.15) is 94.0 Å². The zero-order valence-electron chi connectivity index (χ0n) is 17.6.